The fourth-order valence-corrected chi connectivity index (χ4v) is 1.94. The number of nitrogens with one attached hydrogen (secondary N) is 2. The predicted molar refractivity (Wildman–Crippen MR) is 82.5 cm³/mol. The number of para-hydroxylation sites is 1. The largest absolute Gasteiger partial charge is 0.480 e. The summed E-state index contributed by atoms with van der Waals surface area (Å²) in [5.74, 6) is -2.32. The molecule has 1 rings (SSSR count). The van der Waals surface area contributed by atoms with Crippen molar-refractivity contribution in [3.8, 4) is 0 Å². The standard InChI is InChI=1S/C15H21N3O4/c1-3-9(2)13(15(21)22)18-12(19)8-17-11-7-5-4-6-10(11)14(16)20/h4-7,9,13,17H,3,8H2,1-2H3,(H2,16,20)(H,18,19)(H,21,22)/t9-,13-/m0/s1. The molecule has 120 valence electrons. The van der Waals surface area contributed by atoms with Gasteiger partial charge in [-0.3, -0.25) is 9.59 Å². The highest BCUT2D eigenvalue weighted by atomic mass is 16.4. The maximum absolute atomic E-state index is 11.9. The number of aliphatic carboxylic acids is 1. The average Bonchev–Trinajstić information content (AvgIpc) is 2.49. The molecule has 0 fully saturated rings. The minimum absolute atomic E-state index is 0.148. The van der Waals surface area contributed by atoms with Crippen molar-refractivity contribution in [2.45, 2.75) is 26.3 Å². The van der Waals surface area contributed by atoms with Crippen LogP contribution in [0.25, 0.3) is 0 Å². The normalized spacial score (nSPS) is 13.0. The Bertz CT molecular complexity index is 559. The molecule has 7 heteroatoms. The summed E-state index contributed by atoms with van der Waals surface area (Å²) in [6, 6.07) is 5.59. The highest BCUT2D eigenvalue weighted by Crippen LogP contribution is 2.13. The van der Waals surface area contributed by atoms with Crippen molar-refractivity contribution in [2.75, 3.05) is 11.9 Å². The Morgan fingerprint density at radius 1 is 1.27 bits per heavy atom. The topological polar surface area (TPSA) is 122 Å². The monoisotopic (exact) mass is 307 g/mol. The summed E-state index contributed by atoms with van der Waals surface area (Å²) in [5.41, 5.74) is 5.94. The highest BCUT2D eigenvalue weighted by Gasteiger charge is 2.25. The van der Waals surface area contributed by atoms with E-state index in [9.17, 15) is 14.4 Å². The Kier molecular flexibility index (Phi) is 6.37. The summed E-state index contributed by atoms with van der Waals surface area (Å²) < 4.78 is 0. The summed E-state index contributed by atoms with van der Waals surface area (Å²) >= 11 is 0. The van der Waals surface area contributed by atoms with Gasteiger partial charge in [0.15, 0.2) is 0 Å². The fourth-order valence-electron chi connectivity index (χ4n) is 1.94. The first-order valence-corrected chi connectivity index (χ1v) is 7.01. The number of amides is 2. The molecular formula is C15H21N3O4. The molecule has 0 aliphatic heterocycles. The molecule has 2 atom stereocenters. The molecule has 5 N–H and O–H groups in total. The van der Waals surface area contributed by atoms with Gasteiger partial charge in [-0.2, -0.15) is 0 Å². The van der Waals surface area contributed by atoms with E-state index in [1.54, 1.807) is 31.2 Å². The van der Waals surface area contributed by atoms with Gasteiger partial charge in [0.2, 0.25) is 5.91 Å². The Morgan fingerprint density at radius 3 is 2.45 bits per heavy atom. The van der Waals surface area contributed by atoms with Gasteiger partial charge in [-0.05, 0) is 18.1 Å². The van der Waals surface area contributed by atoms with Crippen LogP contribution in [0.15, 0.2) is 24.3 Å². The maximum atomic E-state index is 11.9. The Balaban J connectivity index is 2.67. The number of carbonyl (C=O) groups excluding carboxylic acids is 2. The zero-order valence-electron chi connectivity index (χ0n) is 12.6. The van der Waals surface area contributed by atoms with Crippen LogP contribution in [0.2, 0.25) is 0 Å². The van der Waals surface area contributed by atoms with Crippen molar-refractivity contribution >= 4 is 23.5 Å². The first-order chi connectivity index (χ1) is 10.4. The van der Waals surface area contributed by atoms with Gasteiger partial charge in [0.1, 0.15) is 6.04 Å². The number of hydrogen-bond donors (Lipinski definition) is 4. The number of anilines is 1. The van der Waals surface area contributed by atoms with E-state index >= 15 is 0 Å². The molecule has 0 saturated carbocycles. The van der Waals surface area contributed by atoms with Gasteiger partial charge in [-0.1, -0.05) is 32.4 Å². The van der Waals surface area contributed by atoms with Crippen LogP contribution < -0.4 is 16.4 Å². The molecule has 1 aromatic rings. The van der Waals surface area contributed by atoms with Crippen molar-refractivity contribution < 1.29 is 19.5 Å². The van der Waals surface area contributed by atoms with E-state index in [4.69, 9.17) is 10.8 Å². The van der Waals surface area contributed by atoms with E-state index in [1.807, 2.05) is 6.92 Å². The molecule has 0 heterocycles. The van der Waals surface area contributed by atoms with Gasteiger partial charge >= 0.3 is 5.97 Å². The van der Waals surface area contributed by atoms with Crippen molar-refractivity contribution in [3.63, 3.8) is 0 Å². The molecule has 2 amide bonds. The second-order valence-corrected chi connectivity index (χ2v) is 5.03. The summed E-state index contributed by atoms with van der Waals surface area (Å²) in [6.45, 7) is 3.47. The van der Waals surface area contributed by atoms with Crippen LogP contribution in [0.4, 0.5) is 5.69 Å². The van der Waals surface area contributed by atoms with Crippen LogP contribution in [-0.4, -0.2) is 35.5 Å². The third kappa shape index (κ3) is 4.76. The third-order valence-corrected chi connectivity index (χ3v) is 3.43. The quantitative estimate of drug-likeness (QED) is 0.566. The van der Waals surface area contributed by atoms with Gasteiger partial charge in [-0.25, -0.2) is 4.79 Å². The Morgan fingerprint density at radius 2 is 1.91 bits per heavy atom. The summed E-state index contributed by atoms with van der Waals surface area (Å²) in [6.07, 6.45) is 0.634. The SMILES string of the molecule is CC[C@H](C)[C@H](NC(=O)CNc1ccccc1C(N)=O)C(=O)O. The number of carboxylic acids is 1. The molecule has 0 saturated heterocycles. The van der Waals surface area contributed by atoms with Crippen LogP contribution in [0.5, 0.6) is 0 Å². The molecular weight excluding hydrogens is 286 g/mol. The number of rotatable bonds is 8. The van der Waals surface area contributed by atoms with Crippen LogP contribution >= 0.6 is 0 Å². The van der Waals surface area contributed by atoms with Crippen molar-refractivity contribution in [1.82, 2.24) is 5.32 Å². The van der Waals surface area contributed by atoms with Crippen molar-refractivity contribution in [1.29, 1.82) is 0 Å². The van der Waals surface area contributed by atoms with Crippen molar-refractivity contribution in [3.05, 3.63) is 29.8 Å². The number of carboxylic acid groups (broad SMARTS) is 1. The highest BCUT2D eigenvalue weighted by molar-refractivity contribution is 5.99. The molecule has 0 spiro atoms. The number of hydrogen-bond acceptors (Lipinski definition) is 4. The lowest BCUT2D eigenvalue weighted by Crippen LogP contribution is -2.46. The molecule has 0 unspecified atom stereocenters. The molecule has 0 radical (unpaired) electrons. The second kappa shape index (κ2) is 8.02. The van der Waals surface area contributed by atoms with Gasteiger partial charge < -0.3 is 21.5 Å². The van der Waals surface area contributed by atoms with Crippen molar-refractivity contribution in [2.24, 2.45) is 11.7 Å². The van der Waals surface area contributed by atoms with E-state index in [0.29, 0.717) is 12.1 Å². The van der Waals surface area contributed by atoms with Crippen LogP contribution in [0.3, 0.4) is 0 Å². The van der Waals surface area contributed by atoms with Crippen LogP contribution in [0.1, 0.15) is 30.6 Å². The van der Waals surface area contributed by atoms with Gasteiger partial charge in [0.05, 0.1) is 12.1 Å². The number of nitrogens with two attached hydrogens (primary N) is 1. The lowest BCUT2D eigenvalue weighted by atomic mass is 9.99. The Labute approximate surface area is 128 Å². The molecule has 0 aromatic heterocycles. The van der Waals surface area contributed by atoms with E-state index in [1.165, 1.54) is 0 Å². The number of benzene rings is 1. The van der Waals surface area contributed by atoms with Crippen LogP contribution in [0, 0.1) is 5.92 Å². The van der Waals surface area contributed by atoms with Gasteiger partial charge in [0.25, 0.3) is 5.91 Å². The molecule has 0 aliphatic carbocycles. The molecule has 0 aliphatic rings. The first kappa shape index (κ1) is 17.5. The third-order valence-electron chi connectivity index (χ3n) is 3.43. The van der Waals surface area contributed by atoms with Gasteiger partial charge in [-0.15, -0.1) is 0 Å². The molecule has 1 aromatic carbocycles. The minimum atomic E-state index is -1.07. The predicted octanol–water partition coefficient (Wildman–Crippen LogP) is 0.813. The van der Waals surface area contributed by atoms with E-state index in [2.05, 4.69) is 10.6 Å². The zero-order chi connectivity index (χ0) is 16.7. The fraction of sp³-hybridized carbons (Fsp3) is 0.400. The summed E-state index contributed by atoms with van der Waals surface area (Å²) in [5, 5.41) is 14.4. The Hall–Kier alpha value is -2.57. The smallest absolute Gasteiger partial charge is 0.326 e. The lowest BCUT2D eigenvalue weighted by molar-refractivity contribution is -0.143. The van der Waals surface area contributed by atoms with Crippen LogP contribution in [-0.2, 0) is 9.59 Å². The van der Waals surface area contributed by atoms with E-state index in [0.717, 1.165) is 0 Å². The minimum Gasteiger partial charge on any atom is -0.480 e. The van der Waals surface area contributed by atoms with Gasteiger partial charge in [0, 0.05) is 5.69 Å². The van der Waals surface area contributed by atoms with E-state index < -0.39 is 23.8 Å². The number of carbonyl (C=O) groups is 3. The first-order valence-electron chi connectivity index (χ1n) is 7.01. The zero-order valence-corrected chi connectivity index (χ0v) is 12.6. The maximum Gasteiger partial charge on any atom is 0.326 e. The molecule has 7 nitrogen and oxygen atoms in total. The second-order valence-electron chi connectivity index (χ2n) is 5.03. The van der Waals surface area contributed by atoms with E-state index in [-0.39, 0.29) is 18.0 Å². The summed E-state index contributed by atoms with van der Waals surface area (Å²) in [7, 11) is 0. The molecule has 0 bridgehead atoms. The lowest BCUT2D eigenvalue weighted by Gasteiger charge is -2.20. The molecule has 22 heavy (non-hydrogen) atoms. The number of primary amides is 1. The summed E-state index contributed by atoms with van der Waals surface area (Å²) in [4.78, 5) is 34.3. The average molecular weight is 307 g/mol.